The molecule has 0 aliphatic carbocycles. The Morgan fingerprint density at radius 1 is 1.12 bits per heavy atom. The van der Waals surface area contributed by atoms with Gasteiger partial charge in [0, 0.05) is 6.20 Å². The lowest BCUT2D eigenvalue weighted by Gasteiger charge is -2.05. The minimum absolute atomic E-state index is 0.577. The lowest BCUT2D eigenvalue weighted by molar-refractivity contribution is 0.414. The fourth-order valence-electron chi connectivity index (χ4n) is 1.77. The van der Waals surface area contributed by atoms with Gasteiger partial charge in [-0.3, -0.25) is 0 Å². The molecule has 0 saturated carbocycles. The number of nitrogens with zero attached hydrogens (tertiary/aromatic N) is 1. The molecule has 0 aliphatic rings. The van der Waals surface area contributed by atoms with Gasteiger partial charge in [-0.1, -0.05) is 12.1 Å². The molecule has 1 aromatic carbocycles. The fraction of sp³-hybridized carbons (Fsp3) is 0.214. The van der Waals surface area contributed by atoms with E-state index in [1.807, 2.05) is 24.3 Å². The number of hydrogen-bond acceptors (Lipinski definition) is 3. The van der Waals surface area contributed by atoms with Crippen molar-refractivity contribution in [1.29, 1.82) is 0 Å². The Hall–Kier alpha value is -2.03. The monoisotopic (exact) mass is 228 g/mol. The van der Waals surface area contributed by atoms with Crippen LogP contribution in [0.2, 0.25) is 0 Å². The van der Waals surface area contributed by atoms with Gasteiger partial charge in [0.15, 0.2) is 0 Å². The van der Waals surface area contributed by atoms with Crippen LogP contribution >= 0.6 is 0 Å². The molecule has 0 amide bonds. The minimum atomic E-state index is 0.577. The van der Waals surface area contributed by atoms with Crippen molar-refractivity contribution in [3.05, 3.63) is 53.7 Å². The summed E-state index contributed by atoms with van der Waals surface area (Å²) < 4.78 is 5.20. The van der Waals surface area contributed by atoms with E-state index in [9.17, 15) is 0 Å². The second-order valence-electron chi connectivity index (χ2n) is 3.94. The number of rotatable bonds is 4. The number of nitrogen functional groups attached to an aromatic ring is 1. The van der Waals surface area contributed by atoms with E-state index in [0.29, 0.717) is 5.82 Å². The molecule has 0 radical (unpaired) electrons. The van der Waals surface area contributed by atoms with Gasteiger partial charge in [0.25, 0.3) is 0 Å². The van der Waals surface area contributed by atoms with Gasteiger partial charge in [0.2, 0.25) is 0 Å². The first-order valence-electron chi connectivity index (χ1n) is 5.61. The maximum absolute atomic E-state index is 5.64. The largest absolute Gasteiger partial charge is 0.497 e. The average Bonchev–Trinajstić information content (AvgIpc) is 2.37. The molecule has 88 valence electrons. The molecule has 0 saturated heterocycles. The quantitative estimate of drug-likeness (QED) is 0.874. The predicted molar refractivity (Wildman–Crippen MR) is 69.1 cm³/mol. The SMILES string of the molecule is COc1cccc(CCc2ccnc(N)c2)c1. The second kappa shape index (κ2) is 5.34. The molecule has 0 aliphatic heterocycles. The van der Waals surface area contributed by atoms with Crippen LogP contribution in [-0.2, 0) is 12.8 Å². The van der Waals surface area contributed by atoms with Crippen LogP contribution in [0.4, 0.5) is 5.82 Å². The molecule has 1 heterocycles. The number of aryl methyl sites for hydroxylation is 2. The lowest BCUT2D eigenvalue weighted by Crippen LogP contribution is -1.95. The number of benzene rings is 1. The van der Waals surface area contributed by atoms with E-state index in [-0.39, 0.29) is 0 Å². The highest BCUT2D eigenvalue weighted by atomic mass is 16.5. The van der Waals surface area contributed by atoms with Crippen LogP contribution < -0.4 is 10.5 Å². The van der Waals surface area contributed by atoms with Crippen LogP contribution in [0.3, 0.4) is 0 Å². The number of nitrogens with two attached hydrogens (primary N) is 1. The topological polar surface area (TPSA) is 48.1 Å². The minimum Gasteiger partial charge on any atom is -0.497 e. The van der Waals surface area contributed by atoms with Gasteiger partial charge >= 0.3 is 0 Å². The van der Waals surface area contributed by atoms with Gasteiger partial charge in [0.05, 0.1) is 7.11 Å². The molecule has 0 bridgehead atoms. The molecule has 0 atom stereocenters. The van der Waals surface area contributed by atoms with E-state index >= 15 is 0 Å². The number of anilines is 1. The van der Waals surface area contributed by atoms with Crippen LogP contribution in [0.25, 0.3) is 0 Å². The second-order valence-corrected chi connectivity index (χ2v) is 3.94. The molecule has 1 aromatic heterocycles. The maximum atomic E-state index is 5.64. The van der Waals surface area contributed by atoms with E-state index < -0.39 is 0 Å². The third-order valence-electron chi connectivity index (χ3n) is 2.68. The maximum Gasteiger partial charge on any atom is 0.123 e. The van der Waals surface area contributed by atoms with Gasteiger partial charge in [-0.15, -0.1) is 0 Å². The summed E-state index contributed by atoms with van der Waals surface area (Å²) in [4.78, 5) is 3.98. The molecule has 2 aromatic rings. The van der Waals surface area contributed by atoms with E-state index in [4.69, 9.17) is 10.5 Å². The molecular weight excluding hydrogens is 212 g/mol. The van der Waals surface area contributed by atoms with Gasteiger partial charge in [0.1, 0.15) is 11.6 Å². The lowest BCUT2D eigenvalue weighted by atomic mass is 10.1. The van der Waals surface area contributed by atoms with Crippen molar-refractivity contribution in [1.82, 2.24) is 4.98 Å². The normalized spacial score (nSPS) is 10.2. The molecule has 3 nitrogen and oxygen atoms in total. The van der Waals surface area contributed by atoms with Crippen LogP contribution in [0, 0.1) is 0 Å². The predicted octanol–water partition coefficient (Wildman–Crippen LogP) is 2.46. The number of methoxy groups -OCH3 is 1. The third-order valence-corrected chi connectivity index (χ3v) is 2.68. The first-order chi connectivity index (χ1) is 8.28. The van der Waals surface area contributed by atoms with E-state index in [1.54, 1.807) is 13.3 Å². The Kier molecular flexibility index (Phi) is 3.60. The molecule has 2 N–H and O–H groups in total. The number of aromatic nitrogens is 1. The highest BCUT2D eigenvalue weighted by Gasteiger charge is 1.98. The highest BCUT2D eigenvalue weighted by Crippen LogP contribution is 2.15. The Morgan fingerprint density at radius 3 is 2.59 bits per heavy atom. The van der Waals surface area contributed by atoms with Gasteiger partial charge in [-0.2, -0.15) is 0 Å². The molecule has 3 heteroatoms. The third kappa shape index (κ3) is 3.21. The number of hydrogen-bond donors (Lipinski definition) is 1. The zero-order valence-electron chi connectivity index (χ0n) is 9.89. The van der Waals surface area contributed by atoms with Gasteiger partial charge in [-0.05, 0) is 48.2 Å². The van der Waals surface area contributed by atoms with Crippen molar-refractivity contribution < 1.29 is 4.74 Å². The Labute approximate surface area is 101 Å². The highest BCUT2D eigenvalue weighted by molar-refractivity contribution is 5.33. The molecule has 0 spiro atoms. The van der Waals surface area contributed by atoms with Crippen molar-refractivity contribution in [2.45, 2.75) is 12.8 Å². The van der Waals surface area contributed by atoms with E-state index in [1.165, 1.54) is 11.1 Å². The van der Waals surface area contributed by atoms with Gasteiger partial charge < -0.3 is 10.5 Å². The summed E-state index contributed by atoms with van der Waals surface area (Å²) in [5, 5.41) is 0. The molecule has 0 unspecified atom stereocenters. The standard InChI is InChI=1S/C14H16N2O/c1-17-13-4-2-3-11(9-13)5-6-12-7-8-16-14(15)10-12/h2-4,7-10H,5-6H2,1H3,(H2,15,16). The summed E-state index contributed by atoms with van der Waals surface area (Å²) in [6, 6.07) is 12.0. The Morgan fingerprint density at radius 2 is 1.88 bits per heavy atom. The van der Waals surface area contributed by atoms with Crippen LogP contribution in [-0.4, -0.2) is 12.1 Å². The van der Waals surface area contributed by atoms with Crippen molar-refractivity contribution in [3.63, 3.8) is 0 Å². The van der Waals surface area contributed by atoms with Crippen molar-refractivity contribution >= 4 is 5.82 Å². The molecule has 2 rings (SSSR count). The molecule has 17 heavy (non-hydrogen) atoms. The smallest absolute Gasteiger partial charge is 0.123 e. The Balaban J connectivity index is 2.02. The summed E-state index contributed by atoms with van der Waals surface area (Å²) in [6.45, 7) is 0. The zero-order chi connectivity index (χ0) is 12.1. The van der Waals surface area contributed by atoms with Gasteiger partial charge in [-0.25, -0.2) is 4.98 Å². The summed E-state index contributed by atoms with van der Waals surface area (Å²) in [6.07, 6.45) is 3.68. The summed E-state index contributed by atoms with van der Waals surface area (Å²) in [5.41, 5.74) is 8.11. The summed E-state index contributed by atoms with van der Waals surface area (Å²) >= 11 is 0. The van der Waals surface area contributed by atoms with Crippen LogP contribution in [0.1, 0.15) is 11.1 Å². The van der Waals surface area contributed by atoms with E-state index in [2.05, 4.69) is 17.1 Å². The summed E-state index contributed by atoms with van der Waals surface area (Å²) in [5.74, 6) is 1.48. The van der Waals surface area contributed by atoms with Crippen molar-refractivity contribution in [3.8, 4) is 5.75 Å². The Bertz CT molecular complexity index is 497. The zero-order valence-corrected chi connectivity index (χ0v) is 9.89. The van der Waals surface area contributed by atoms with Crippen LogP contribution in [0.5, 0.6) is 5.75 Å². The van der Waals surface area contributed by atoms with Crippen molar-refractivity contribution in [2.24, 2.45) is 0 Å². The number of pyridine rings is 1. The molecule has 0 fully saturated rings. The fourth-order valence-corrected chi connectivity index (χ4v) is 1.77. The van der Waals surface area contributed by atoms with Crippen molar-refractivity contribution in [2.75, 3.05) is 12.8 Å². The van der Waals surface area contributed by atoms with Crippen LogP contribution in [0.15, 0.2) is 42.6 Å². The first-order valence-corrected chi connectivity index (χ1v) is 5.61. The average molecular weight is 228 g/mol. The van der Waals surface area contributed by atoms with E-state index in [0.717, 1.165) is 18.6 Å². The summed E-state index contributed by atoms with van der Waals surface area (Å²) in [7, 11) is 1.68. The first kappa shape index (κ1) is 11.5. The molecular formula is C14H16N2O. The number of ether oxygens (including phenoxy) is 1.